The van der Waals surface area contributed by atoms with Gasteiger partial charge in [-0.05, 0) is 36.8 Å². The number of hydrogen-bond donors (Lipinski definition) is 3. The van der Waals surface area contributed by atoms with E-state index in [1.54, 1.807) is 0 Å². The van der Waals surface area contributed by atoms with Gasteiger partial charge < -0.3 is 15.0 Å². The highest BCUT2D eigenvalue weighted by molar-refractivity contribution is 6.03. The summed E-state index contributed by atoms with van der Waals surface area (Å²) in [6, 6.07) is 24.7. The normalized spacial score (nSPS) is 18.2. The van der Waals surface area contributed by atoms with Gasteiger partial charge in [0.25, 0.3) is 0 Å². The average Bonchev–Trinajstić information content (AvgIpc) is 3.73. The molecule has 192 valence electrons. The van der Waals surface area contributed by atoms with E-state index in [4.69, 9.17) is 25.0 Å². The van der Waals surface area contributed by atoms with Gasteiger partial charge >= 0.3 is 0 Å². The Labute approximate surface area is 227 Å². The number of aromatic amines is 3. The summed E-state index contributed by atoms with van der Waals surface area (Å²) in [6.45, 7) is 0. The number of benzene rings is 3. The molecule has 3 N–H and O–H groups in total. The Morgan fingerprint density at radius 2 is 1.00 bits per heavy atom. The van der Waals surface area contributed by atoms with Gasteiger partial charge in [0, 0.05) is 32.3 Å². The fraction of sp³-hybridized carbons (Fsp3) is 0.156. The molecule has 2 aliphatic heterocycles. The van der Waals surface area contributed by atoms with Gasteiger partial charge in [-0.25, -0.2) is 25.0 Å². The molecule has 0 saturated heterocycles. The standard InChI is InChI=1S/C32H24N8/c1-2-10-18-17(9-1)25-33-26(18)38-28-21-13-5-6-14-22(21)30(35-28)40-32-24-16-8-7-15-23(24)31(36-32)39-29-20-12-4-3-11-19(20)27(34-29)37-25/h1-6,9-14,31,33H,7-8,15-16H2,(H,34,37,39)(H,35,36,38,40). The van der Waals surface area contributed by atoms with Crippen LogP contribution in [-0.4, -0.2) is 27.0 Å². The van der Waals surface area contributed by atoms with E-state index in [9.17, 15) is 0 Å². The minimum atomic E-state index is -0.292. The highest BCUT2D eigenvalue weighted by atomic mass is 15.1. The van der Waals surface area contributed by atoms with Crippen LogP contribution in [0, 0.1) is 0 Å². The number of rotatable bonds is 0. The smallest absolute Gasteiger partial charge is 0.166 e. The number of aliphatic imine (C=N–C) groups is 1. The van der Waals surface area contributed by atoms with Crippen LogP contribution in [-0.2, 0) is 0 Å². The molecule has 6 aromatic rings. The predicted molar refractivity (Wildman–Crippen MR) is 156 cm³/mol. The van der Waals surface area contributed by atoms with Gasteiger partial charge in [0.2, 0.25) is 0 Å². The van der Waals surface area contributed by atoms with Gasteiger partial charge in [-0.3, -0.25) is 0 Å². The minimum absolute atomic E-state index is 0.292. The van der Waals surface area contributed by atoms with Crippen molar-refractivity contribution < 1.29 is 0 Å². The summed E-state index contributed by atoms with van der Waals surface area (Å²) >= 11 is 0. The lowest BCUT2D eigenvalue weighted by atomic mass is 9.91. The van der Waals surface area contributed by atoms with Crippen molar-refractivity contribution in [3.05, 3.63) is 106 Å². The first-order valence-electron chi connectivity index (χ1n) is 13.8. The second-order valence-electron chi connectivity index (χ2n) is 10.6. The molecular weight excluding hydrogens is 496 g/mol. The molecule has 40 heavy (non-hydrogen) atoms. The quantitative estimate of drug-likeness (QED) is 0.253. The highest BCUT2D eigenvalue weighted by Gasteiger charge is 2.30. The largest absolute Gasteiger partial charge is 0.324 e. The summed E-state index contributed by atoms with van der Waals surface area (Å²) in [4.78, 5) is 36.2. The van der Waals surface area contributed by atoms with E-state index in [2.05, 4.69) is 51.4 Å². The second kappa shape index (κ2) is 8.19. The predicted octanol–water partition coefficient (Wildman–Crippen LogP) is 4.89. The Kier molecular flexibility index (Phi) is 4.46. The van der Waals surface area contributed by atoms with E-state index in [-0.39, 0.29) is 6.17 Å². The highest BCUT2D eigenvalue weighted by Crippen LogP contribution is 2.35. The Morgan fingerprint density at radius 3 is 1.62 bits per heavy atom. The molecule has 1 aliphatic carbocycles. The number of nitrogens with one attached hydrogen (secondary N) is 3. The SMILES string of the molecule is c1ccc2c3[nH]c(c2c1)N=c1[nH]c(c2ccccc12)=NC1=NC(N=c2[nH]c(c4ccccc24)=N3)C2=C1CCCC2. The lowest BCUT2D eigenvalue weighted by molar-refractivity contribution is 0.644. The summed E-state index contributed by atoms with van der Waals surface area (Å²) in [7, 11) is 0. The number of amidine groups is 1. The number of aromatic nitrogens is 3. The molecule has 1 unspecified atom stereocenters. The first-order chi connectivity index (χ1) is 19.8. The van der Waals surface area contributed by atoms with Gasteiger partial charge in [-0.2, -0.15) is 0 Å². The van der Waals surface area contributed by atoms with E-state index in [0.717, 1.165) is 97.4 Å². The number of fused-ring (bicyclic) bond motifs is 18. The van der Waals surface area contributed by atoms with E-state index in [0.29, 0.717) is 0 Å². The maximum absolute atomic E-state index is 5.19. The van der Waals surface area contributed by atoms with Crippen LogP contribution in [0.25, 0.3) is 32.3 Å². The third-order valence-corrected chi connectivity index (χ3v) is 8.28. The van der Waals surface area contributed by atoms with Crippen LogP contribution in [0.2, 0.25) is 0 Å². The van der Waals surface area contributed by atoms with Crippen molar-refractivity contribution in [2.75, 3.05) is 0 Å². The van der Waals surface area contributed by atoms with Crippen LogP contribution >= 0.6 is 0 Å². The fourth-order valence-electron chi connectivity index (χ4n) is 6.37. The number of hydrogen-bond acceptors (Lipinski definition) is 5. The summed E-state index contributed by atoms with van der Waals surface area (Å²) in [5.41, 5.74) is 5.60. The molecule has 5 heterocycles. The molecule has 3 aromatic carbocycles. The van der Waals surface area contributed by atoms with Gasteiger partial charge in [-0.15, -0.1) is 0 Å². The molecular formula is C32H24N8. The molecule has 0 radical (unpaired) electrons. The maximum atomic E-state index is 5.19. The minimum Gasteiger partial charge on any atom is -0.324 e. The summed E-state index contributed by atoms with van der Waals surface area (Å²) < 4.78 is 0. The maximum Gasteiger partial charge on any atom is 0.166 e. The molecule has 3 aromatic heterocycles. The van der Waals surface area contributed by atoms with Gasteiger partial charge in [0.1, 0.15) is 33.6 Å². The summed E-state index contributed by atoms with van der Waals surface area (Å²) in [6.07, 6.45) is 3.96. The van der Waals surface area contributed by atoms with Crippen LogP contribution in [0.1, 0.15) is 25.7 Å². The first kappa shape index (κ1) is 21.8. The Morgan fingerprint density at radius 1 is 0.500 bits per heavy atom. The van der Waals surface area contributed by atoms with Crippen LogP contribution in [0.4, 0.5) is 11.6 Å². The van der Waals surface area contributed by atoms with Crippen molar-refractivity contribution >= 4 is 49.8 Å². The molecule has 9 rings (SSSR count). The zero-order chi connectivity index (χ0) is 26.2. The molecule has 8 bridgehead atoms. The topological polar surface area (TPSA) is 109 Å². The van der Waals surface area contributed by atoms with Gasteiger partial charge in [-0.1, -0.05) is 72.8 Å². The van der Waals surface area contributed by atoms with Crippen LogP contribution < -0.4 is 22.0 Å². The van der Waals surface area contributed by atoms with Crippen molar-refractivity contribution in [2.45, 2.75) is 31.8 Å². The molecule has 3 aliphatic rings. The Balaban J connectivity index is 1.45. The number of H-pyrrole nitrogens is 3. The molecule has 0 spiro atoms. The lowest BCUT2D eigenvalue weighted by Gasteiger charge is -2.15. The average molecular weight is 521 g/mol. The zero-order valence-corrected chi connectivity index (χ0v) is 21.6. The molecule has 8 nitrogen and oxygen atoms in total. The third-order valence-electron chi connectivity index (χ3n) is 8.28. The molecule has 0 saturated carbocycles. The van der Waals surface area contributed by atoms with Gasteiger partial charge in [0.15, 0.2) is 12.0 Å². The van der Waals surface area contributed by atoms with E-state index in [1.807, 2.05) is 36.4 Å². The van der Waals surface area contributed by atoms with Crippen molar-refractivity contribution in [2.24, 2.45) is 25.0 Å². The Hall–Kier alpha value is -5.11. The summed E-state index contributed by atoms with van der Waals surface area (Å²) in [5.74, 6) is 2.28. The number of nitrogens with zero attached hydrogens (tertiary/aromatic N) is 5. The van der Waals surface area contributed by atoms with Crippen LogP contribution in [0.15, 0.2) is 109 Å². The van der Waals surface area contributed by atoms with Crippen LogP contribution in [0.3, 0.4) is 0 Å². The molecule has 0 fully saturated rings. The first-order valence-corrected chi connectivity index (χ1v) is 13.8. The monoisotopic (exact) mass is 520 g/mol. The second-order valence-corrected chi connectivity index (χ2v) is 10.6. The lowest BCUT2D eigenvalue weighted by Crippen LogP contribution is -2.16. The van der Waals surface area contributed by atoms with E-state index >= 15 is 0 Å². The van der Waals surface area contributed by atoms with Crippen molar-refractivity contribution in [1.82, 2.24) is 15.0 Å². The van der Waals surface area contributed by atoms with Crippen LogP contribution in [0.5, 0.6) is 0 Å². The third kappa shape index (κ3) is 3.16. The zero-order valence-electron chi connectivity index (χ0n) is 21.6. The molecule has 1 atom stereocenters. The van der Waals surface area contributed by atoms with Gasteiger partial charge in [0.05, 0.1) is 0 Å². The summed E-state index contributed by atoms with van der Waals surface area (Å²) in [5, 5.41) is 6.09. The van der Waals surface area contributed by atoms with E-state index in [1.165, 1.54) is 11.1 Å². The van der Waals surface area contributed by atoms with Crippen molar-refractivity contribution in [1.29, 1.82) is 0 Å². The fourth-order valence-corrected chi connectivity index (χ4v) is 6.37. The molecule has 0 amide bonds. The van der Waals surface area contributed by atoms with E-state index < -0.39 is 0 Å². The molecule has 8 heteroatoms. The Bertz CT molecular complexity index is 2340. The van der Waals surface area contributed by atoms with Crippen molar-refractivity contribution in [3.63, 3.8) is 0 Å². The van der Waals surface area contributed by atoms with Crippen molar-refractivity contribution in [3.8, 4) is 0 Å².